The Hall–Kier alpha value is -1.89. The number of carboxylic acid groups (broad SMARTS) is 1. The van der Waals surface area contributed by atoms with Gasteiger partial charge in [0.2, 0.25) is 5.91 Å². The Kier molecular flexibility index (Phi) is 3.93. The number of nitrogens with one attached hydrogen (secondary N) is 1. The monoisotopic (exact) mass is 253 g/mol. The van der Waals surface area contributed by atoms with Crippen LogP contribution in [0.2, 0.25) is 0 Å². The van der Waals surface area contributed by atoms with E-state index >= 15 is 0 Å². The molecule has 1 aromatic rings. The second-order valence-electron chi connectivity index (χ2n) is 4.13. The fourth-order valence-electron chi connectivity index (χ4n) is 1.77. The molecule has 1 aliphatic heterocycles. The number of carbonyl (C=O) groups excluding carboxylic acids is 1. The number of rotatable bonds is 5. The molecule has 98 valence electrons. The van der Waals surface area contributed by atoms with Crippen molar-refractivity contribution < 1.29 is 19.4 Å². The largest absolute Gasteiger partial charge is 0.481 e. The van der Waals surface area contributed by atoms with Crippen molar-refractivity contribution in [3.63, 3.8) is 0 Å². The molecule has 0 aromatic carbocycles. The number of amides is 1. The number of carboxylic acids is 1. The maximum absolute atomic E-state index is 11.3. The SMILES string of the molecule is O=C(O)CCC(=O)NCC1Cn2ccnc2CO1. The molecule has 18 heavy (non-hydrogen) atoms. The third-order valence-corrected chi connectivity index (χ3v) is 2.74. The quantitative estimate of drug-likeness (QED) is 0.755. The lowest BCUT2D eigenvalue weighted by molar-refractivity contribution is -0.138. The molecule has 7 nitrogen and oxygen atoms in total. The zero-order chi connectivity index (χ0) is 13.0. The van der Waals surface area contributed by atoms with Gasteiger partial charge in [-0.3, -0.25) is 9.59 Å². The van der Waals surface area contributed by atoms with Crippen molar-refractivity contribution in [3.8, 4) is 0 Å². The van der Waals surface area contributed by atoms with Crippen molar-refractivity contribution in [2.24, 2.45) is 0 Å². The molecule has 2 rings (SSSR count). The normalized spacial score (nSPS) is 18.1. The molecule has 1 aromatic heterocycles. The van der Waals surface area contributed by atoms with E-state index in [4.69, 9.17) is 9.84 Å². The number of aliphatic carboxylic acids is 1. The standard InChI is InChI=1S/C11H15N3O4/c15-10(1-2-11(16)17)13-5-8-6-14-4-3-12-9(14)7-18-8/h3-4,8H,1-2,5-7H2,(H,13,15)(H,16,17). The Balaban J connectivity index is 1.72. The summed E-state index contributed by atoms with van der Waals surface area (Å²) in [4.78, 5) is 25.8. The molecule has 1 atom stereocenters. The van der Waals surface area contributed by atoms with Gasteiger partial charge in [-0.25, -0.2) is 4.98 Å². The first-order valence-corrected chi connectivity index (χ1v) is 5.75. The van der Waals surface area contributed by atoms with E-state index in [-0.39, 0.29) is 24.9 Å². The Morgan fingerprint density at radius 3 is 3.17 bits per heavy atom. The molecule has 0 radical (unpaired) electrons. The first-order chi connectivity index (χ1) is 8.65. The molecule has 1 aliphatic rings. The van der Waals surface area contributed by atoms with Crippen LogP contribution in [0.4, 0.5) is 0 Å². The Morgan fingerprint density at radius 2 is 2.39 bits per heavy atom. The third kappa shape index (κ3) is 3.30. The van der Waals surface area contributed by atoms with E-state index in [1.807, 2.05) is 10.8 Å². The average molecular weight is 253 g/mol. The summed E-state index contributed by atoms with van der Waals surface area (Å²) in [7, 11) is 0. The van der Waals surface area contributed by atoms with E-state index in [9.17, 15) is 9.59 Å². The van der Waals surface area contributed by atoms with Crippen LogP contribution in [0.25, 0.3) is 0 Å². The molecule has 2 N–H and O–H groups in total. The van der Waals surface area contributed by atoms with Gasteiger partial charge in [0.1, 0.15) is 12.4 Å². The van der Waals surface area contributed by atoms with E-state index in [2.05, 4.69) is 10.3 Å². The summed E-state index contributed by atoms with van der Waals surface area (Å²) in [5.74, 6) is -0.358. The predicted molar refractivity (Wildman–Crippen MR) is 60.7 cm³/mol. The van der Waals surface area contributed by atoms with Crippen molar-refractivity contribution in [2.45, 2.75) is 32.1 Å². The van der Waals surface area contributed by atoms with Crippen molar-refractivity contribution in [1.29, 1.82) is 0 Å². The number of ether oxygens (including phenoxy) is 1. The zero-order valence-electron chi connectivity index (χ0n) is 9.83. The van der Waals surface area contributed by atoms with E-state index in [1.54, 1.807) is 6.20 Å². The first-order valence-electron chi connectivity index (χ1n) is 5.75. The summed E-state index contributed by atoms with van der Waals surface area (Å²) in [5, 5.41) is 11.1. The summed E-state index contributed by atoms with van der Waals surface area (Å²) in [5.41, 5.74) is 0. The van der Waals surface area contributed by atoms with Crippen LogP contribution in [0, 0.1) is 0 Å². The number of hydrogen-bond donors (Lipinski definition) is 2. The summed E-state index contributed by atoms with van der Waals surface area (Å²) < 4.78 is 7.51. The van der Waals surface area contributed by atoms with E-state index in [1.165, 1.54) is 0 Å². The third-order valence-electron chi connectivity index (χ3n) is 2.74. The van der Waals surface area contributed by atoms with Gasteiger partial charge in [-0.05, 0) is 0 Å². The van der Waals surface area contributed by atoms with Crippen molar-refractivity contribution >= 4 is 11.9 Å². The van der Waals surface area contributed by atoms with Gasteiger partial charge < -0.3 is 19.7 Å². The van der Waals surface area contributed by atoms with Crippen LogP contribution in [0.3, 0.4) is 0 Å². The summed E-state index contributed by atoms with van der Waals surface area (Å²) in [6.07, 6.45) is 3.34. The highest BCUT2D eigenvalue weighted by molar-refractivity contribution is 5.80. The van der Waals surface area contributed by atoms with Crippen molar-refractivity contribution in [2.75, 3.05) is 6.54 Å². The predicted octanol–water partition coefficient (Wildman–Crippen LogP) is -0.237. The number of fused-ring (bicyclic) bond motifs is 1. The molecule has 0 bridgehead atoms. The number of imidazole rings is 1. The van der Waals surface area contributed by atoms with Gasteiger partial charge in [-0.15, -0.1) is 0 Å². The van der Waals surface area contributed by atoms with Gasteiger partial charge in [0.15, 0.2) is 0 Å². The van der Waals surface area contributed by atoms with Crippen LogP contribution in [0.1, 0.15) is 18.7 Å². The number of hydrogen-bond acceptors (Lipinski definition) is 4. The number of aromatic nitrogens is 2. The average Bonchev–Trinajstić information content (AvgIpc) is 2.81. The van der Waals surface area contributed by atoms with Crippen LogP contribution in [-0.4, -0.2) is 39.2 Å². The van der Waals surface area contributed by atoms with Gasteiger partial charge in [-0.1, -0.05) is 0 Å². The summed E-state index contributed by atoms with van der Waals surface area (Å²) in [6.45, 7) is 1.47. The molecule has 0 aliphatic carbocycles. The topological polar surface area (TPSA) is 93.4 Å². The fraction of sp³-hybridized carbons (Fsp3) is 0.545. The lowest BCUT2D eigenvalue weighted by Gasteiger charge is -2.24. The van der Waals surface area contributed by atoms with E-state index in [0.29, 0.717) is 19.7 Å². The molecule has 0 spiro atoms. The minimum atomic E-state index is -0.970. The van der Waals surface area contributed by atoms with E-state index < -0.39 is 5.97 Å². The molecular formula is C11H15N3O4. The zero-order valence-corrected chi connectivity index (χ0v) is 9.83. The number of carbonyl (C=O) groups is 2. The lowest BCUT2D eigenvalue weighted by atomic mass is 10.2. The first kappa shape index (κ1) is 12.6. The summed E-state index contributed by atoms with van der Waals surface area (Å²) in [6, 6.07) is 0. The van der Waals surface area contributed by atoms with E-state index in [0.717, 1.165) is 5.82 Å². The van der Waals surface area contributed by atoms with Gasteiger partial charge in [0, 0.05) is 25.4 Å². The highest BCUT2D eigenvalue weighted by Crippen LogP contribution is 2.11. The van der Waals surface area contributed by atoms with Crippen molar-refractivity contribution in [1.82, 2.24) is 14.9 Å². The molecule has 1 amide bonds. The summed E-state index contributed by atoms with van der Waals surface area (Å²) >= 11 is 0. The van der Waals surface area contributed by atoms with Crippen LogP contribution in [-0.2, 0) is 27.5 Å². The number of nitrogens with zero attached hydrogens (tertiary/aromatic N) is 2. The smallest absolute Gasteiger partial charge is 0.303 e. The van der Waals surface area contributed by atoms with Crippen LogP contribution >= 0.6 is 0 Å². The Labute approximate surface area is 104 Å². The fourth-order valence-corrected chi connectivity index (χ4v) is 1.77. The molecule has 2 heterocycles. The molecule has 1 unspecified atom stereocenters. The molecule has 0 fully saturated rings. The van der Waals surface area contributed by atoms with Gasteiger partial charge in [0.05, 0.1) is 19.1 Å². The van der Waals surface area contributed by atoms with Gasteiger partial charge in [0.25, 0.3) is 0 Å². The Bertz CT molecular complexity index is 443. The molecule has 0 saturated heterocycles. The maximum atomic E-state index is 11.3. The van der Waals surface area contributed by atoms with Crippen LogP contribution in [0.15, 0.2) is 12.4 Å². The Morgan fingerprint density at radius 1 is 1.56 bits per heavy atom. The molecule has 7 heteroatoms. The second kappa shape index (κ2) is 5.63. The van der Waals surface area contributed by atoms with Crippen LogP contribution < -0.4 is 5.32 Å². The highest BCUT2D eigenvalue weighted by Gasteiger charge is 2.19. The molecule has 0 saturated carbocycles. The van der Waals surface area contributed by atoms with Gasteiger partial charge >= 0.3 is 5.97 Å². The van der Waals surface area contributed by atoms with Crippen LogP contribution in [0.5, 0.6) is 0 Å². The molecular weight excluding hydrogens is 238 g/mol. The van der Waals surface area contributed by atoms with Crippen molar-refractivity contribution in [3.05, 3.63) is 18.2 Å². The maximum Gasteiger partial charge on any atom is 0.303 e. The second-order valence-corrected chi connectivity index (χ2v) is 4.13. The minimum absolute atomic E-state index is 0.00161. The van der Waals surface area contributed by atoms with Gasteiger partial charge in [-0.2, -0.15) is 0 Å². The minimum Gasteiger partial charge on any atom is -0.481 e. The lowest BCUT2D eigenvalue weighted by Crippen LogP contribution is -2.38. The highest BCUT2D eigenvalue weighted by atomic mass is 16.5.